The first-order valence-corrected chi connectivity index (χ1v) is 8.50. The normalized spacial score (nSPS) is 11.1. The second-order valence-electron chi connectivity index (χ2n) is 5.15. The summed E-state index contributed by atoms with van der Waals surface area (Å²) in [6, 6.07) is 8.05. The fourth-order valence-electron chi connectivity index (χ4n) is 1.98. The van der Waals surface area contributed by atoms with Crippen LogP contribution in [-0.2, 0) is 17.1 Å². The van der Waals surface area contributed by atoms with Crippen molar-refractivity contribution in [3.63, 3.8) is 0 Å². The average Bonchev–Trinajstić information content (AvgIpc) is 2.95. The Morgan fingerprint density at radius 3 is 2.21 bits per heavy atom. The van der Waals surface area contributed by atoms with Gasteiger partial charge in [-0.1, -0.05) is 17.7 Å². The Balaban J connectivity index is 2.08. The number of aryl methyl sites for hydroxylation is 2. The highest BCUT2D eigenvalue weighted by Gasteiger charge is 2.19. The summed E-state index contributed by atoms with van der Waals surface area (Å²) in [5, 5.41) is 0. The van der Waals surface area contributed by atoms with Crippen LogP contribution in [0.15, 0.2) is 41.4 Å². The van der Waals surface area contributed by atoms with Crippen LogP contribution < -0.4 is 15.6 Å². The highest BCUT2D eigenvalue weighted by atomic mass is 32.2. The SMILES string of the molecule is CNS(=O)(=O)c1cc(C(=O)NNC(=O)c2ccc(C)cc2)n(C)c1. The molecule has 0 aliphatic heterocycles. The van der Waals surface area contributed by atoms with Gasteiger partial charge in [0.05, 0.1) is 0 Å². The van der Waals surface area contributed by atoms with Crippen LogP contribution in [0.5, 0.6) is 0 Å². The summed E-state index contributed by atoms with van der Waals surface area (Å²) in [7, 11) is -0.835. The minimum atomic E-state index is -3.65. The Morgan fingerprint density at radius 2 is 1.62 bits per heavy atom. The number of hydrogen-bond acceptors (Lipinski definition) is 4. The first-order valence-electron chi connectivity index (χ1n) is 7.02. The van der Waals surface area contributed by atoms with E-state index in [0.29, 0.717) is 5.56 Å². The van der Waals surface area contributed by atoms with Crippen molar-refractivity contribution in [2.75, 3.05) is 7.05 Å². The third-order valence-electron chi connectivity index (χ3n) is 3.39. The zero-order valence-electron chi connectivity index (χ0n) is 13.5. The first-order chi connectivity index (χ1) is 11.2. The standard InChI is InChI=1S/C15H18N4O4S/c1-10-4-6-11(7-5-10)14(20)17-18-15(21)13-8-12(9-19(13)3)24(22,23)16-2/h4-9,16H,1-3H3,(H,17,20)(H,18,21). The minimum Gasteiger partial charge on any atom is -0.345 e. The van der Waals surface area contributed by atoms with E-state index in [1.54, 1.807) is 24.3 Å². The Bertz CT molecular complexity index is 869. The van der Waals surface area contributed by atoms with Gasteiger partial charge in [-0.05, 0) is 32.2 Å². The molecule has 0 aliphatic carbocycles. The van der Waals surface area contributed by atoms with Crippen LogP contribution in [0.25, 0.3) is 0 Å². The number of sulfonamides is 1. The van der Waals surface area contributed by atoms with Crippen LogP contribution in [0.1, 0.15) is 26.4 Å². The molecule has 8 nitrogen and oxygen atoms in total. The molecule has 0 aliphatic rings. The number of nitrogens with zero attached hydrogens (tertiary/aromatic N) is 1. The molecule has 128 valence electrons. The van der Waals surface area contributed by atoms with E-state index in [9.17, 15) is 18.0 Å². The summed E-state index contributed by atoms with van der Waals surface area (Å²) >= 11 is 0. The molecule has 0 fully saturated rings. The van der Waals surface area contributed by atoms with E-state index in [0.717, 1.165) is 5.56 Å². The van der Waals surface area contributed by atoms with Crippen LogP contribution in [0.2, 0.25) is 0 Å². The van der Waals surface area contributed by atoms with E-state index in [1.807, 2.05) is 6.92 Å². The molecule has 3 N–H and O–H groups in total. The van der Waals surface area contributed by atoms with Crippen LogP contribution in [-0.4, -0.2) is 31.8 Å². The molecule has 1 aromatic heterocycles. The van der Waals surface area contributed by atoms with Crippen LogP contribution in [0, 0.1) is 6.92 Å². The minimum absolute atomic E-state index is 0.0393. The van der Waals surface area contributed by atoms with Gasteiger partial charge < -0.3 is 4.57 Å². The third kappa shape index (κ3) is 3.81. The van der Waals surface area contributed by atoms with Crippen molar-refractivity contribution in [3.05, 3.63) is 53.3 Å². The smallest absolute Gasteiger partial charge is 0.286 e. The molecule has 0 radical (unpaired) electrons. The number of nitrogens with one attached hydrogen (secondary N) is 3. The largest absolute Gasteiger partial charge is 0.345 e. The van der Waals surface area contributed by atoms with Gasteiger partial charge in [-0.2, -0.15) is 0 Å². The van der Waals surface area contributed by atoms with Crippen LogP contribution >= 0.6 is 0 Å². The Labute approximate surface area is 139 Å². The van der Waals surface area contributed by atoms with E-state index in [1.165, 1.54) is 30.9 Å². The molecular formula is C15H18N4O4S. The van der Waals surface area contributed by atoms with Gasteiger partial charge in [0.15, 0.2) is 0 Å². The summed E-state index contributed by atoms with van der Waals surface area (Å²) in [5.41, 5.74) is 6.05. The molecule has 2 rings (SSSR count). The third-order valence-corrected chi connectivity index (χ3v) is 4.78. The lowest BCUT2D eigenvalue weighted by atomic mass is 10.1. The molecule has 0 bridgehead atoms. The van der Waals surface area contributed by atoms with E-state index in [2.05, 4.69) is 15.6 Å². The van der Waals surface area contributed by atoms with E-state index < -0.39 is 21.8 Å². The Kier molecular flexibility index (Phi) is 5.05. The van der Waals surface area contributed by atoms with Gasteiger partial charge in [0.1, 0.15) is 10.6 Å². The quantitative estimate of drug-likeness (QED) is 0.690. The van der Waals surface area contributed by atoms with E-state index >= 15 is 0 Å². The fourth-order valence-corrected chi connectivity index (χ4v) is 2.78. The van der Waals surface area contributed by atoms with Gasteiger partial charge in [-0.25, -0.2) is 13.1 Å². The van der Waals surface area contributed by atoms with Gasteiger partial charge in [0.25, 0.3) is 11.8 Å². The summed E-state index contributed by atoms with van der Waals surface area (Å²) < 4.78 is 27.0. The van der Waals surface area contributed by atoms with E-state index in [4.69, 9.17) is 0 Å². The maximum atomic E-state index is 12.1. The number of hydrogen-bond donors (Lipinski definition) is 3. The molecule has 2 amide bonds. The maximum Gasteiger partial charge on any atom is 0.286 e. The van der Waals surface area contributed by atoms with Crippen LogP contribution in [0.3, 0.4) is 0 Å². The van der Waals surface area contributed by atoms with Gasteiger partial charge >= 0.3 is 0 Å². The maximum absolute atomic E-state index is 12.1. The highest BCUT2D eigenvalue weighted by Crippen LogP contribution is 2.12. The molecule has 0 saturated carbocycles. The average molecular weight is 350 g/mol. The molecule has 1 aromatic carbocycles. The first kappa shape index (κ1) is 17.7. The fraction of sp³-hybridized carbons (Fsp3) is 0.200. The molecule has 2 aromatic rings. The molecule has 9 heteroatoms. The van der Waals surface area contributed by atoms with Crippen molar-refractivity contribution < 1.29 is 18.0 Å². The van der Waals surface area contributed by atoms with Crippen molar-refractivity contribution >= 4 is 21.8 Å². The zero-order chi connectivity index (χ0) is 17.9. The van der Waals surface area contributed by atoms with Crippen molar-refractivity contribution in [1.29, 1.82) is 0 Å². The van der Waals surface area contributed by atoms with Crippen molar-refractivity contribution in [2.45, 2.75) is 11.8 Å². The van der Waals surface area contributed by atoms with Crippen molar-refractivity contribution in [2.24, 2.45) is 7.05 Å². The van der Waals surface area contributed by atoms with Gasteiger partial charge in [0, 0.05) is 18.8 Å². The Hall–Kier alpha value is -2.65. The molecule has 24 heavy (non-hydrogen) atoms. The second kappa shape index (κ2) is 6.85. The van der Waals surface area contributed by atoms with Gasteiger partial charge in [-0.3, -0.25) is 20.4 Å². The van der Waals surface area contributed by atoms with Crippen molar-refractivity contribution in [1.82, 2.24) is 20.1 Å². The number of aromatic nitrogens is 1. The predicted molar refractivity (Wildman–Crippen MR) is 87.8 cm³/mol. The monoisotopic (exact) mass is 350 g/mol. The van der Waals surface area contributed by atoms with Crippen molar-refractivity contribution in [3.8, 4) is 0 Å². The molecular weight excluding hydrogens is 332 g/mol. The summed E-state index contributed by atoms with van der Waals surface area (Å²) in [6.45, 7) is 1.90. The summed E-state index contributed by atoms with van der Waals surface area (Å²) in [5.74, 6) is -1.10. The predicted octanol–water partition coefficient (Wildman–Crippen LogP) is 0.316. The highest BCUT2D eigenvalue weighted by molar-refractivity contribution is 7.89. The molecule has 1 heterocycles. The zero-order valence-corrected chi connectivity index (χ0v) is 14.3. The van der Waals surface area contributed by atoms with Gasteiger partial charge in [-0.15, -0.1) is 0 Å². The number of carbonyl (C=O) groups excluding carboxylic acids is 2. The summed E-state index contributed by atoms with van der Waals surface area (Å²) in [4.78, 5) is 24.0. The molecule has 0 unspecified atom stereocenters. The molecule has 0 atom stereocenters. The summed E-state index contributed by atoms with van der Waals surface area (Å²) in [6.07, 6.45) is 1.31. The van der Waals surface area contributed by atoms with E-state index in [-0.39, 0.29) is 10.6 Å². The lowest BCUT2D eigenvalue weighted by molar-refractivity contribution is 0.0842. The van der Waals surface area contributed by atoms with Crippen LogP contribution in [0.4, 0.5) is 0 Å². The second-order valence-corrected chi connectivity index (χ2v) is 7.04. The van der Waals surface area contributed by atoms with Gasteiger partial charge in [0.2, 0.25) is 10.0 Å². The molecule has 0 spiro atoms. The molecule has 0 saturated heterocycles. The lowest BCUT2D eigenvalue weighted by Crippen LogP contribution is -2.42. The number of rotatable bonds is 4. The lowest BCUT2D eigenvalue weighted by Gasteiger charge is -2.08. The Morgan fingerprint density at radius 1 is 1.04 bits per heavy atom. The topological polar surface area (TPSA) is 109 Å². The number of hydrazine groups is 1. The number of carbonyl (C=O) groups is 2. The number of benzene rings is 1. The number of amides is 2.